The molecule has 1 amide bonds. The second-order valence-corrected chi connectivity index (χ2v) is 4.67. The molecular weight excluding hydrogens is 232 g/mol. The van der Waals surface area contributed by atoms with Crippen LogP contribution in [0, 0.1) is 0 Å². The normalized spacial score (nSPS) is 25.0. The first-order valence-electron chi connectivity index (χ1n) is 4.32. The molecule has 1 fully saturated rings. The molecule has 0 aromatic rings. The average molecular weight is 247 g/mol. The molecule has 13 heavy (non-hydrogen) atoms. The molecule has 0 aromatic carbocycles. The Bertz CT molecular complexity index is 230. The lowest BCUT2D eigenvalue weighted by Gasteiger charge is -2.37. The fraction of sp³-hybridized carbons (Fsp3) is 0.667. The number of carbonyl (C=O) groups is 1. The van der Waals surface area contributed by atoms with Gasteiger partial charge in [0, 0.05) is 30.7 Å². The molecule has 0 radical (unpaired) electrons. The largest absolute Gasteiger partial charge is 0.343 e. The highest BCUT2D eigenvalue weighted by molar-refractivity contribution is 9.11. The molecule has 1 atom stereocenters. The predicted molar refractivity (Wildman–Crippen MR) is 56.7 cm³/mol. The lowest BCUT2D eigenvalue weighted by molar-refractivity contribution is -0.136. The molecule has 3 nitrogen and oxygen atoms in total. The van der Waals surface area contributed by atoms with Crippen molar-refractivity contribution in [2.24, 2.45) is 0 Å². The smallest absolute Gasteiger partial charge is 0.236 e. The number of halogens is 1. The molecule has 74 valence electrons. The minimum Gasteiger partial charge on any atom is -0.343 e. The highest BCUT2D eigenvalue weighted by atomic mass is 79.9. The van der Waals surface area contributed by atoms with Crippen molar-refractivity contribution in [1.82, 2.24) is 9.80 Å². The van der Waals surface area contributed by atoms with E-state index < -0.39 is 0 Å². The summed E-state index contributed by atoms with van der Waals surface area (Å²) in [6.07, 6.45) is 0. The van der Waals surface area contributed by atoms with Crippen molar-refractivity contribution in [2.75, 3.05) is 26.7 Å². The van der Waals surface area contributed by atoms with Crippen molar-refractivity contribution >= 4 is 21.8 Å². The Morgan fingerprint density at radius 1 is 1.77 bits per heavy atom. The van der Waals surface area contributed by atoms with Gasteiger partial charge in [-0.3, -0.25) is 9.69 Å². The SMILES string of the molecule is C=C(Br)CN1CC(=O)N(C)CC1C. The van der Waals surface area contributed by atoms with Crippen LogP contribution in [-0.2, 0) is 4.79 Å². The van der Waals surface area contributed by atoms with Crippen LogP contribution in [0.3, 0.4) is 0 Å². The van der Waals surface area contributed by atoms with Gasteiger partial charge in [-0.15, -0.1) is 0 Å². The van der Waals surface area contributed by atoms with Crippen molar-refractivity contribution in [3.8, 4) is 0 Å². The van der Waals surface area contributed by atoms with Crippen LogP contribution in [-0.4, -0.2) is 48.4 Å². The van der Waals surface area contributed by atoms with E-state index in [4.69, 9.17) is 0 Å². The molecule has 0 N–H and O–H groups in total. The number of amides is 1. The first-order chi connectivity index (χ1) is 6.00. The van der Waals surface area contributed by atoms with Crippen molar-refractivity contribution in [3.63, 3.8) is 0 Å². The van der Waals surface area contributed by atoms with Crippen molar-refractivity contribution < 1.29 is 4.79 Å². The highest BCUT2D eigenvalue weighted by Gasteiger charge is 2.26. The van der Waals surface area contributed by atoms with Crippen LogP contribution in [0.1, 0.15) is 6.92 Å². The molecule has 1 saturated heterocycles. The zero-order chi connectivity index (χ0) is 10.0. The Kier molecular flexibility index (Phi) is 3.50. The van der Waals surface area contributed by atoms with Crippen molar-refractivity contribution in [1.29, 1.82) is 0 Å². The van der Waals surface area contributed by atoms with Crippen molar-refractivity contribution in [3.05, 3.63) is 11.1 Å². The molecular formula is C9H15BrN2O. The number of likely N-dealkylation sites (N-methyl/N-ethyl adjacent to an activating group) is 1. The molecule has 1 aliphatic heterocycles. The van der Waals surface area contributed by atoms with E-state index in [9.17, 15) is 4.79 Å². The third kappa shape index (κ3) is 2.81. The summed E-state index contributed by atoms with van der Waals surface area (Å²) in [7, 11) is 1.85. The van der Waals surface area contributed by atoms with Gasteiger partial charge in [0.15, 0.2) is 0 Å². The number of rotatable bonds is 2. The van der Waals surface area contributed by atoms with Crippen LogP contribution in [0.5, 0.6) is 0 Å². The minimum absolute atomic E-state index is 0.187. The van der Waals surface area contributed by atoms with Gasteiger partial charge in [0.25, 0.3) is 0 Å². The van der Waals surface area contributed by atoms with E-state index in [-0.39, 0.29) is 5.91 Å². The number of hydrogen-bond acceptors (Lipinski definition) is 2. The Hall–Kier alpha value is -0.350. The topological polar surface area (TPSA) is 23.6 Å². The van der Waals surface area contributed by atoms with Crippen LogP contribution in [0.4, 0.5) is 0 Å². The number of hydrogen-bond donors (Lipinski definition) is 0. The maximum atomic E-state index is 11.4. The molecule has 0 aromatic heterocycles. The maximum Gasteiger partial charge on any atom is 0.236 e. The Morgan fingerprint density at radius 3 is 2.92 bits per heavy atom. The van der Waals surface area contributed by atoms with E-state index in [1.165, 1.54) is 0 Å². The Labute approximate surface area is 87.5 Å². The van der Waals surface area contributed by atoms with Gasteiger partial charge in [-0.1, -0.05) is 22.5 Å². The number of piperazine rings is 1. The summed E-state index contributed by atoms with van der Waals surface area (Å²) in [5.74, 6) is 0.187. The first-order valence-corrected chi connectivity index (χ1v) is 5.11. The zero-order valence-electron chi connectivity index (χ0n) is 8.09. The highest BCUT2D eigenvalue weighted by Crippen LogP contribution is 2.12. The molecule has 1 unspecified atom stereocenters. The quantitative estimate of drug-likeness (QED) is 0.728. The van der Waals surface area contributed by atoms with Gasteiger partial charge in [-0.2, -0.15) is 0 Å². The molecule has 0 aliphatic carbocycles. The van der Waals surface area contributed by atoms with Crippen LogP contribution >= 0.6 is 15.9 Å². The van der Waals surface area contributed by atoms with Gasteiger partial charge in [0.2, 0.25) is 5.91 Å². The van der Waals surface area contributed by atoms with Crippen LogP contribution in [0.25, 0.3) is 0 Å². The fourth-order valence-electron chi connectivity index (χ4n) is 1.50. The number of nitrogens with zero attached hydrogens (tertiary/aromatic N) is 2. The molecule has 0 spiro atoms. The van der Waals surface area contributed by atoms with Gasteiger partial charge < -0.3 is 4.90 Å². The molecule has 1 aliphatic rings. The summed E-state index contributed by atoms with van der Waals surface area (Å²) >= 11 is 3.31. The minimum atomic E-state index is 0.187. The van der Waals surface area contributed by atoms with Crippen LogP contribution in [0.15, 0.2) is 11.1 Å². The summed E-state index contributed by atoms with van der Waals surface area (Å²) in [6, 6.07) is 0.414. The van der Waals surface area contributed by atoms with Gasteiger partial charge in [-0.05, 0) is 6.92 Å². The van der Waals surface area contributed by atoms with Crippen molar-refractivity contribution in [2.45, 2.75) is 13.0 Å². The van der Waals surface area contributed by atoms with E-state index in [2.05, 4.69) is 34.3 Å². The summed E-state index contributed by atoms with van der Waals surface area (Å²) in [5.41, 5.74) is 0. The summed E-state index contributed by atoms with van der Waals surface area (Å²) in [6.45, 7) is 7.96. The molecule has 1 heterocycles. The van der Waals surface area contributed by atoms with E-state index in [1.54, 1.807) is 4.90 Å². The second-order valence-electron chi connectivity index (χ2n) is 3.55. The standard InChI is InChI=1S/C9H15BrN2O/c1-7(10)4-12-6-9(13)11(3)5-8(12)2/h8H,1,4-6H2,2-3H3. The second kappa shape index (κ2) is 4.24. The summed E-state index contributed by atoms with van der Waals surface area (Å²) in [4.78, 5) is 15.3. The van der Waals surface area contributed by atoms with E-state index in [1.807, 2.05) is 7.05 Å². The third-order valence-corrected chi connectivity index (χ3v) is 2.55. The lowest BCUT2D eigenvalue weighted by Crippen LogP contribution is -2.53. The molecule has 0 bridgehead atoms. The monoisotopic (exact) mass is 246 g/mol. The average Bonchev–Trinajstić information content (AvgIpc) is 1.99. The van der Waals surface area contributed by atoms with Gasteiger partial charge in [0.05, 0.1) is 6.54 Å². The van der Waals surface area contributed by atoms with Crippen LogP contribution in [0.2, 0.25) is 0 Å². The van der Waals surface area contributed by atoms with Crippen LogP contribution < -0.4 is 0 Å². The maximum absolute atomic E-state index is 11.4. The Balaban J connectivity index is 2.56. The Morgan fingerprint density at radius 2 is 2.38 bits per heavy atom. The molecule has 1 rings (SSSR count). The fourth-order valence-corrected chi connectivity index (χ4v) is 1.82. The number of carbonyl (C=O) groups excluding carboxylic acids is 1. The zero-order valence-corrected chi connectivity index (χ0v) is 9.67. The van der Waals surface area contributed by atoms with E-state index in [0.717, 1.165) is 17.6 Å². The van der Waals surface area contributed by atoms with Gasteiger partial charge in [0.1, 0.15) is 0 Å². The lowest BCUT2D eigenvalue weighted by atomic mass is 10.2. The summed E-state index contributed by atoms with van der Waals surface area (Å²) in [5, 5.41) is 0. The summed E-state index contributed by atoms with van der Waals surface area (Å²) < 4.78 is 0.928. The first kappa shape index (κ1) is 10.7. The molecule has 0 saturated carbocycles. The van der Waals surface area contributed by atoms with E-state index >= 15 is 0 Å². The van der Waals surface area contributed by atoms with Gasteiger partial charge >= 0.3 is 0 Å². The van der Waals surface area contributed by atoms with Gasteiger partial charge in [-0.25, -0.2) is 0 Å². The van der Waals surface area contributed by atoms with E-state index in [0.29, 0.717) is 12.6 Å². The third-order valence-electron chi connectivity index (χ3n) is 2.30. The molecule has 4 heteroatoms. The predicted octanol–water partition coefficient (Wildman–Crippen LogP) is 1.06.